The predicted octanol–water partition coefficient (Wildman–Crippen LogP) is 7.42. The molecule has 0 spiro atoms. The highest BCUT2D eigenvalue weighted by Crippen LogP contribution is 2.47. The monoisotopic (exact) mass is 1170 g/mol. The topological polar surface area (TPSA) is 247 Å². The first-order valence-corrected chi connectivity index (χ1v) is 28.5. The predicted molar refractivity (Wildman–Crippen MR) is 299 cm³/mol. The van der Waals surface area contributed by atoms with Crippen molar-refractivity contribution >= 4 is 51.2 Å². The Morgan fingerprint density at radius 2 is 1.46 bits per heavy atom. The van der Waals surface area contributed by atoms with Gasteiger partial charge >= 0.3 is 6.09 Å². The van der Waals surface area contributed by atoms with Crippen LogP contribution in [0.25, 0.3) is 39.2 Å². The van der Waals surface area contributed by atoms with Gasteiger partial charge in [-0.1, -0.05) is 71.7 Å². The Bertz CT molecular complexity index is 3280. The summed E-state index contributed by atoms with van der Waals surface area (Å²) in [5, 5.41) is 10.5. The lowest BCUT2D eigenvalue weighted by atomic mass is 9.95. The van der Waals surface area contributed by atoms with Gasteiger partial charge in [0, 0.05) is 63.6 Å². The van der Waals surface area contributed by atoms with Crippen molar-refractivity contribution in [1.82, 2.24) is 30.3 Å². The smallest absolute Gasteiger partial charge is 0.407 e. The molecule has 1 saturated heterocycles. The molecule has 3 N–H and O–H groups in total. The fraction of sp³-hybridized carbons (Fsp3) is 0.386. The van der Waals surface area contributed by atoms with Crippen molar-refractivity contribution in [2.45, 2.75) is 38.0 Å². The molecule has 0 bridgehead atoms. The highest BCUT2D eigenvalue weighted by Gasteiger charge is 2.40. The van der Waals surface area contributed by atoms with Gasteiger partial charge in [0.15, 0.2) is 5.69 Å². The Morgan fingerprint density at radius 1 is 0.815 bits per heavy atom. The number of halogens is 2. The number of hydrogen-bond donors (Lipinski definition) is 3. The molecule has 81 heavy (non-hydrogen) atoms. The van der Waals surface area contributed by atoms with Crippen LogP contribution in [0.5, 0.6) is 17.2 Å². The second-order valence-corrected chi connectivity index (χ2v) is 22.0. The number of ether oxygens (including phenoxy) is 9. The van der Waals surface area contributed by atoms with E-state index in [1.165, 1.54) is 0 Å². The molecule has 0 unspecified atom stereocenters. The molecule has 21 nitrogen and oxygen atoms in total. The number of carbonyl (C=O) groups is 3. The molecule has 1 fully saturated rings. The average Bonchev–Trinajstić information content (AvgIpc) is 4.17. The van der Waals surface area contributed by atoms with Crippen LogP contribution in [0.4, 0.5) is 4.79 Å². The van der Waals surface area contributed by atoms with Crippen LogP contribution < -0.4 is 24.8 Å². The second kappa shape index (κ2) is 26.8. The van der Waals surface area contributed by atoms with Crippen LogP contribution in [-0.2, 0) is 49.9 Å². The molecule has 24 heteroatoms. The Morgan fingerprint density at radius 3 is 2.10 bits per heavy atom. The van der Waals surface area contributed by atoms with E-state index in [9.17, 15) is 27.4 Å². The van der Waals surface area contributed by atoms with Gasteiger partial charge < -0.3 is 58.2 Å². The molecule has 9 rings (SSSR count). The largest absolute Gasteiger partial charge is 0.496 e. The molecule has 4 aromatic carbocycles. The van der Waals surface area contributed by atoms with Crippen LogP contribution in [0.2, 0.25) is 10.0 Å². The molecule has 3 aliphatic rings. The third-order valence-corrected chi connectivity index (χ3v) is 14.8. The maximum absolute atomic E-state index is 14.4. The third kappa shape index (κ3) is 14.6. The first-order chi connectivity index (χ1) is 39.1. The molecule has 0 radical (unpaired) electrons. The number of aromatic nitrogens is 3. The van der Waals surface area contributed by atoms with Crippen molar-refractivity contribution in [3.8, 4) is 56.4 Å². The first-order valence-electron chi connectivity index (χ1n) is 26.2. The van der Waals surface area contributed by atoms with E-state index in [1.807, 2.05) is 74.5 Å². The SMILES string of the molecule is COc1cc2c(cc1-c1cncc(OCCOCCOCCOCCOCCNC(=O)[C@H](CS(=O)(=O)O)NC(=O)OCC3c4ccccc4-c4ccccc43)c1)-c1c(c(C(=O)N3CCOCC3(C)C)nn1-c1cc(Cl)cc(Cl)c1)CO2. The van der Waals surface area contributed by atoms with Crippen LogP contribution in [0.1, 0.15) is 46.9 Å². The summed E-state index contributed by atoms with van der Waals surface area (Å²) in [6.45, 7) is 7.41. The summed E-state index contributed by atoms with van der Waals surface area (Å²) in [5.41, 5.74) is 7.58. The van der Waals surface area contributed by atoms with Gasteiger partial charge in [-0.2, -0.15) is 13.5 Å². The molecule has 430 valence electrons. The number of methoxy groups -OCH3 is 1. The number of carbonyl (C=O) groups excluding carboxylic acids is 3. The zero-order chi connectivity index (χ0) is 57.1. The molecular weight excluding hydrogens is 1110 g/mol. The highest BCUT2D eigenvalue weighted by molar-refractivity contribution is 7.85. The van der Waals surface area contributed by atoms with Gasteiger partial charge in [-0.25, -0.2) is 9.48 Å². The molecule has 1 aliphatic carbocycles. The molecule has 6 aromatic rings. The first kappa shape index (κ1) is 58.8. The molecule has 1 atom stereocenters. The number of benzene rings is 4. The molecule has 4 heterocycles. The Hall–Kier alpha value is -6.86. The summed E-state index contributed by atoms with van der Waals surface area (Å²) in [7, 11) is -3.07. The number of fused-ring (bicyclic) bond motifs is 6. The van der Waals surface area contributed by atoms with Crippen LogP contribution in [0.3, 0.4) is 0 Å². The van der Waals surface area contributed by atoms with E-state index in [4.69, 9.17) is 70.9 Å². The summed E-state index contributed by atoms with van der Waals surface area (Å²) in [5.74, 6) is -0.830. The number of amides is 3. The lowest BCUT2D eigenvalue weighted by Crippen LogP contribution is -2.55. The van der Waals surface area contributed by atoms with Crippen LogP contribution in [0.15, 0.2) is 97.3 Å². The van der Waals surface area contributed by atoms with E-state index in [1.54, 1.807) is 53.4 Å². The summed E-state index contributed by atoms with van der Waals surface area (Å²) in [4.78, 5) is 46.3. The van der Waals surface area contributed by atoms with E-state index in [-0.39, 0.29) is 70.3 Å². The number of hydrogen-bond acceptors (Lipinski definition) is 16. The fourth-order valence-electron chi connectivity index (χ4n) is 9.83. The van der Waals surface area contributed by atoms with E-state index >= 15 is 0 Å². The third-order valence-electron chi connectivity index (χ3n) is 13.6. The van der Waals surface area contributed by atoms with Crippen molar-refractivity contribution < 1.29 is 70.0 Å². The van der Waals surface area contributed by atoms with Crippen molar-refractivity contribution in [2.75, 3.05) is 105 Å². The number of pyridine rings is 1. The standard InChI is InChI=1S/C57H62Cl2N6O15S/c1-57(2)35-77-15-13-64(57)55(67)52-48-33-79-51-29-50(72-3)45(28-46(51)53(48)65(63-52)39-26-37(58)25-38(59)27-39)36-24-40(31-60-30-36)78-23-22-76-21-20-75-19-18-74-17-16-73-14-12-61-54(66)49(34-81(69,70)71)62-56(68)80-32-47-43-10-6-4-8-41(43)42-9-5-7-11-44(42)47/h4-11,24-31,47,49H,12-23,32-35H2,1-3H3,(H,61,66)(H,62,68)(H,69,70,71)/t49-/m0/s1. The fourth-order valence-corrected chi connectivity index (χ4v) is 11.0. The van der Waals surface area contributed by atoms with E-state index in [2.05, 4.69) is 15.6 Å². The minimum atomic E-state index is -4.65. The van der Waals surface area contributed by atoms with Crippen molar-refractivity contribution in [1.29, 1.82) is 0 Å². The zero-order valence-electron chi connectivity index (χ0n) is 44.8. The molecule has 3 amide bonds. The Labute approximate surface area is 478 Å². The summed E-state index contributed by atoms with van der Waals surface area (Å²) < 4.78 is 86.4. The van der Waals surface area contributed by atoms with Crippen molar-refractivity contribution in [2.24, 2.45) is 0 Å². The Kier molecular flexibility index (Phi) is 19.5. The molecule has 0 saturated carbocycles. The van der Waals surface area contributed by atoms with Gasteiger partial charge in [0.25, 0.3) is 16.0 Å². The van der Waals surface area contributed by atoms with Crippen LogP contribution in [0, 0.1) is 0 Å². The van der Waals surface area contributed by atoms with E-state index in [0.29, 0.717) is 107 Å². The quantitative estimate of drug-likeness (QED) is 0.0353. The summed E-state index contributed by atoms with van der Waals surface area (Å²) >= 11 is 13.0. The summed E-state index contributed by atoms with van der Waals surface area (Å²) in [6, 6.07) is 24.6. The number of nitrogens with zero attached hydrogens (tertiary/aromatic N) is 4. The maximum Gasteiger partial charge on any atom is 0.407 e. The van der Waals surface area contributed by atoms with Gasteiger partial charge in [-0.15, -0.1) is 0 Å². The highest BCUT2D eigenvalue weighted by atomic mass is 35.5. The van der Waals surface area contributed by atoms with Crippen LogP contribution in [-0.4, -0.2) is 167 Å². The van der Waals surface area contributed by atoms with Gasteiger partial charge in [0.1, 0.15) is 48.9 Å². The Balaban J connectivity index is 0.676. The zero-order valence-corrected chi connectivity index (χ0v) is 47.2. The normalized spacial score (nSPS) is 14.7. The van der Waals surface area contributed by atoms with Gasteiger partial charge in [-0.3, -0.25) is 19.1 Å². The number of nitrogens with one attached hydrogen (secondary N) is 2. The lowest BCUT2D eigenvalue weighted by molar-refractivity contribution is -0.122. The lowest BCUT2D eigenvalue weighted by Gasteiger charge is -2.41. The van der Waals surface area contributed by atoms with Crippen molar-refractivity contribution in [3.05, 3.63) is 130 Å². The number of morpholine rings is 1. The minimum absolute atomic E-state index is 0.00817. The summed E-state index contributed by atoms with van der Waals surface area (Å²) in [6.07, 6.45) is 2.30. The van der Waals surface area contributed by atoms with Crippen molar-refractivity contribution in [3.63, 3.8) is 0 Å². The van der Waals surface area contributed by atoms with E-state index < -0.39 is 39.5 Å². The van der Waals surface area contributed by atoms with Gasteiger partial charge in [-0.05, 0) is 66.4 Å². The van der Waals surface area contributed by atoms with Gasteiger partial charge in [0.05, 0.1) is 96.3 Å². The average molecular weight is 1170 g/mol. The molecule has 2 aliphatic heterocycles. The minimum Gasteiger partial charge on any atom is -0.496 e. The van der Waals surface area contributed by atoms with Crippen LogP contribution >= 0.6 is 23.2 Å². The van der Waals surface area contributed by atoms with E-state index in [0.717, 1.165) is 22.3 Å². The second-order valence-electron chi connectivity index (χ2n) is 19.6. The maximum atomic E-state index is 14.4. The van der Waals surface area contributed by atoms with Gasteiger partial charge in [0.2, 0.25) is 5.91 Å². The number of rotatable bonds is 26. The molecular formula is C57H62Cl2N6O15S. The molecule has 2 aromatic heterocycles. The number of alkyl carbamates (subject to hydrolysis) is 1.